The fraction of sp³-hybridized carbons (Fsp3) is 1.00. The molecule has 0 bridgehead atoms. The lowest BCUT2D eigenvalue weighted by atomic mass is 9.74. The Morgan fingerprint density at radius 2 is 1.24 bits per heavy atom. The molecule has 118 valence electrons. The van der Waals surface area contributed by atoms with Crippen LogP contribution in [0.25, 0.3) is 0 Å². The maximum absolute atomic E-state index is 6.30. The van der Waals surface area contributed by atoms with Crippen LogP contribution in [-0.2, 0) is 23.7 Å². The van der Waals surface area contributed by atoms with Crippen molar-refractivity contribution >= 4 is 0 Å². The minimum atomic E-state index is 0.381. The van der Waals surface area contributed by atoms with Crippen LogP contribution in [0, 0.1) is 11.8 Å². The van der Waals surface area contributed by atoms with Crippen LogP contribution in [0.5, 0.6) is 0 Å². The lowest BCUT2D eigenvalue weighted by Crippen LogP contribution is -2.54. The summed E-state index contributed by atoms with van der Waals surface area (Å²) in [5.74, 6) is 1.23. The summed E-state index contributed by atoms with van der Waals surface area (Å²) in [6, 6.07) is 0. The van der Waals surface area contributed by atoms with E-state index < -0.39 is 0 Å². The lowest BCUT2D eigenvalue weighted by molar-refractivity contribution is -0.216. The molecule has 21 heavy (non-hydrogen) atoms. The monoisotopic (exact) mass is 296 g/mol. The molecule has 5 aliphatic heterocycles. The Labute approximate surface area is 125 Å². The molecule has 5 aliphatic rings. The third-order valence-electron chi connectivity index (χ3n) is 5.47. The zero-order valence-corrected chi connectivity index (χ0v) is 12.3. The van der Waals surface area contributed by atoms with E-state index in [0.717, 1.165) is 52.1 Å². The van der Waals surface area contributed by atoms with Crippen LogP contribution in [0.1, 0.15) is 25.7 Å². The van der Waals surface area contributed by atoms with Gasteiger partial charge in [-0.1, -0.05) is 0 Å². The molecule has 0 aromatic carbocycles. The van der Waals surface area contributed by atoms with Crippen molar-refractivity contribution in [3.63, 3.8) is 0 Å². The standard InChI is InChI=1S/C16H24O5/c1(10-5-17-10)9(2-11-6-18-11)16-14(3-12-7-19-12)15(21-16)4-13-8-20-13/h9-16H,1-8H2. The Bertz CT molecular complexity index is 372. The second kappa shape index (κ2) is 5.17. The smallest absolute Gasteiger partial charge is 0.0834 e. The summed E-state index contributed by atoms with van der Waals surface area (Å²) in [7, 11) is 0. The molecule has 0 radical (unpaired) electrons. The third-order valence-corrected chi connectivity index (χ3v) is 5.47. The third kappa shape index (κ3) is 3.27. The molecule has 0 aliphatic carbocycles. The summed E-state index contributed by atoms with van der Waals surface area (Å²) in [6.07, 6.45) is 7.16. The van der Waals surface area contributed by atoms with Crippen LogP contribution in [0.3, 0.4) is 0 Å². The highest BCUT2D eigenvalue weighted by molar-refractivity contribution is 4.99. The Morgan fingerprint density at radius 1 is 0.714 bits per heavy atom. The first kappa shape index (κ1) is 13.3. The minimum Gasteiger partial charge on any atom is -0.374 e. The number of epoxide rings is 4. The van der Waals surface area contributed by atoms with Crippen molar-refractivity contribution in [1.82, 2.24) is 0 Å². The van der Waals surface area contributed by atoms with E-state index in [0.29, 0.717) is 48.5 Å². The molecule has 0 saturated carbocycles. The Hall–Kier alpha value is -0.200. The van der Waals surface area contributed by atoms with Crippen molar-refractivity contribution in [3.05, 3.63) is 0 Å². The molecule has 0 aromatic rings. The minimum absolute atomic E-state index is 0.381. The van der Waals surface area contributed by atoms with E-state index in [1.54, 1.807) is 0 Å². The molecule has 0 amide bonds. The average molecular weight is 296 g/mol. The number of hydrogen-bond acceptors (Lipinski definition) is 5. The van der Waals surface area contributed by atoms with E-state index >= 15 is 0 Å². The highest BCUT2D eigenvalue weighted by atomic mass is 16.6. The van der Waals surface area contributed by atoms with Crippen LogP contribution < -0.4 is 0 Å². The summed E-state index contributed by atoms with van der Waals surface area (Å²) in [4.78, 5) is 0. The highest BCUT2D eigenvalue weighted by Gasteiger charge is 2.51. The van der Waals surface area contributed by atoms with Gasteiger partial charge in [0.25, 0.3) is 0 Å². The fourth-order valence-corrected chi connectivity index (χ4v) is 3.92. The average Bonchev–Trinajstić information content (AvgIpc) is 3.33. The van der Waals surface area contributed by atoms with E-state index in [4.69, 9.17) is 23.7 Å². The molecule has 5 fully saturated rings. The van der Waals surface area contributed by atoms with Crippen LogP contribution in [-0.4, -0.2) is 63.1 Å². The molecule has 5 rings (SSSR count). The van der Waals surface area contributed by atoms with Crippen molar-refractivity contribution < 1.29 is 23.7 Å². The van der Waals surface area contributed by atoms with Gasteiger partial charge in [-0.2, -0.15) is 0 Å². The first-order chi connectivity index (χ1) is 10.3. The van der Waals surface area contributed by atoms with Gasteiger partial charge < -0.3 is 23.7 Å². The molecular weight excluding hydrogens is 272 g/mol. The van der Waals surface area contributed by atoms with E-state index in [1.807, 2.05) is 0 Å². The van der Waals surface area contributed by atoms with Gasteiger partial charge in [0, 0.05) is 12.3 Å². The van der Waals surface area contributed by atoms with Crippen molar-refractivity contribution in [1.29, 1.82) is 0 Å². The van der Waals surface area contributed by atoms with Gasteiger partial charge in [-0.3, -0.25) is 0 Å². The molecule has 5 nitrogen and oxygen atoms in total. The van der Waals surface area contributed by atoms with Gasteiger partial charge in [0.15, 0.2) is 0 Å². The second-order valence-electron chi connectivity index (χ2n) is 7.33. The fourth-order valence-electron chi connectivity index (χ4n) is 3.92. The highest BCUT2D eigenvalue weighted by Crippen LogP contribution is 2.46. The maximum Gasteiger partial charge on any atom is 0.0834 e. The van der Waals surface area contributed by atoms with Crippen LogP contribution in [0.4, 0.5) is 0 Å². The topological polar surface area (TPSA) is 59.4 Å². The van der Waals surface area contributed by atoms with Gasteiger partial charge in [-0.25, -0.2) is 0 Å². The largest absolute Gasteiger partial charge is 0.374 e. The van der Waals surface area contributed by atoms with Crippen molar-refractivity contribution in [2.24, 2.45) is 11.8 Å². The Balaban J connectivity index is 1.23. The van der Waals surface area contributed by atoms with Gasteiger partial charge >= 0.3 is 0 Å². The lowest BCUT2D eigenvalue weighted by Gasteiger charge is -2.48. The molecule has 7 unspecified atom stereocenters. The maximum atomic E-state index is 6.30. The summed E-state index contributed by atoms with van der Waals surface area (Å²) in [6.45, 7) is 3.74. The van der Waals surface area contributed by atoms with Gasteiger partial charge in [0.2, 0.25) is 0 Å². The zero-order chi connectivity index (χ0) is 13.8. The Morgan fingerprint density at radius 3 is 1.76 bits per heavy atom. The van der Waals surface area contributed by atoms with Crippen LogP contribution in [0.2, 0.25) is 0 Å². The van der Waals surface area contributed by atoms with Gasteiger partial charge in [0.05, 0.1) is 63.1 Å². The van der Waals surface area contributed by atoms with Crippen LogP contribution in [0.15, 0.2) is 0 Å². The number of ether oxygens (including phenoxy) is 5. The normalized spacial score (nSPS) is 51.1. The van der Waals surface area contributed by atoms with Gasteiger partial charge in [-0.05, 0) is 25.2 Å². The summed E-state index contributed by atoms with van der Waals surface area (Å²) >= 11 is 0. The summed E-state index contributed by atoms with van der Waals surface area (Å²) in [5, 5.41) is 0. The second-order valence-corrected chi connectivity index (χ2v) is 7.33. The van der Waals surface area contributed by atoms with Gasteiger partial charge in [-0.15, -0.1) is 0 Å². The Kier molecular flexibility index (Phi) is 3.26. The van der Waals surface area contributed by atoms with Crippen molar-refractivity contribution in [3.8, 4) is 0 Å². The van der Waals surface area contributed by atoms with Gasteiger partial charge in [0.1, 0.15) is 0 Å². The molecular formula is C16H24O5. The first-order valence-corrected chi connectivity index (χ1v) is 8.47. The van der Waals surface area contributed by atoms with E-state index in [2.05, 4.69) is 0 Å². The van der Waals surface area contributed by atoms with E-state index in [1.165, 1.54) is 0 Å². The predicted molar refractivity (Wildman–Crippen MR) is 73.1 cm³/mol. The predicted octanol–water partition coefficient (Wildman–Crippen LogP) is 1.14. The number of rotatable bonds is 9. The van der Waals surface area contributed by atoms with E-state index in [-0.39, 0.29) is 0 Å². The SMILES string of the molecule is C1OC1CC(CC1CO1)C1OC(CC2CO2)C1CC1CO1. The molecule has 0 aromatic heterocycles. The van der Waals surface area contributed by atoms with Crippen molar-refractivity contribution in [2.45, 2.75) is 62.3 Å². The molecule has 5 saturated heterocycles. The molecule has 5 heteroatoms. The van der Waals surface area contributed by atoms with Crippen molar-refractivity contribution in [2.75, 3.05) is 26.4 Å². The number of hydrogen-bond donors (Lipinski definition) is 0. The quantitative estimate of drug-likeness (QED) is 0.597. The molecule has 0 spiro atoms. The first-order valence-electron chi connectivity index (χ1n) is 8.47. The molecule has 0 N–H and O–H groups in total. The summed E-state index contributed by atoms with van der Waals surface area (Å²) < 4.78 is 28.0. The summed E-state index contributed by atoms with van der Waals surface area (Å²) in [5.41, 5.74) is 0. The molecule has 7 atom stereocenters. The van der Waals surface area contributed by atoms with Crippen LogP contribution >= 0.6 is 0 Å². The zero-order valence-electron chi connectivity index (χ0n) is 12.3. The van der Waals surface area contributed by atoms with E-state index in [9.17, 15) is 0 Å². The molecule has 5 heterocycles.